The fourth-order valence-electron chi connectivity index (χ4n) is 11.4. The van der Waals surface area contributed by atoms with Gasteiger partial charge in [-0.25, -0.2) is 46.6 Å². The van der Waals surface area contributed by atoms with Crippen molar-refractivity contribution in [2.75, 3.05) is 118 Å². The van der Waals surface area contributed by atoms with E-state index in [1.807, 2.05) is 0 Å². The van der Waals surface area contributed by atoms with Gasteiger partial charge in [-0.2, -0.15) is 13.5 Å². The maximum Gasteiger partial charge on any atom is 0.421 e. The van der Waals surface area contributed by atoms with Crippen molar-refractivity contribution >= 4 is 30.1 Å². The summed E-state index contributed by atoms with van der Waals surface area (Å²) < 4.78 is 61.5. The predicted octanol–water partition coefficient (Wildman–Crippen LogP) is 8.80. The van der Waals surface area contributed by atoms with Crippen molar-refractivity contribution in [1.82, 2.24) is 42.0 Å². The van der Waals surface area contributed by atoms with Crippen molar-refractivity contribution in [2.45, 2.75) is 116 Å². The average molecular weight is 813 g/mol. The molecular weight excluding hydrogens is 740 g/mol. The zero-order valence-electron chi connectivity index (χ0n) is 33.0. The van der Waals surface area contributed by atoms with Crippen LogP contribution in [-0.2, 0) is 4.57 Å². The maximum absolute atomic E-state index is 17.6. The molecule has 9 aliphatic rings. The Morgan fingerprint density at radius 1 is 0.226 bits per heavy atom. The summed E-state index contributed by atoms with van der Waals surface area (Å²) >= 11 is 0. The van der Waals surface area contributed by atoms with Crippen LogP contribution in [0.1, 0.15) is 116 Å². The van der Waals surface area contributed by atoms with Crippen LogP contribution in [0.5, 0.6) is 0 Å². The van der Waals surface area contributed by atoms with Crippen LogP contribution in [0.15, 0.2) is 13.5 Å². The lowest BCUT2D eigenvalue weighted by atomic mass is 10.4. The van der Waals surface area contributed by atoms with Gasteiger partial charge < -0.3 is 0 Å². The van der Waals surface area contributed by atoms with Crippen LogP contribution in [0.2, 0.25) is 0 Å². The van der Waals surface area contributed by atoms with Crippen LogP contribution in [-0.4, -0.2) is 160 Å². The van der Waals surface area contributed by atoms with Gasteiger partial charge in [-0.15, -0.1) is 0 Å². The second kappa shape index (κ2) is 17.0. The first-order valence-corrected chi connectivity index (χ1v) is 28.7. The Hall–Kier alpha value is 0.560. The molecule has 0 unspecified atom stereocenters. The van der Waals surface area contributed by atoms with E-state index in [-0.39, 0.29) is 0 Å². The van der Waals surface area contributed by atoms with E-state index in [1.54, 1.807) is 0 Å². The second-order valence-corrected chi connectivity index (χ2v) is 28.8. The fourth-order valence-corrected chi connectivity index (χ4v) is 31.2. The van der Waals surface area contributed by atoms with Crippen molar-refractivity contribution in [3.8, 4) is 0 Å². The minimum atomic E-state index is -3.91. The van der Waals surface area contributed by atoms with Crippen molar-refractivity contribution in [3.63, 3.8) is 0 Å². The van der Waals surface area contributed by atoms with Gasteiger partial charge in [-0.1, -0.05) is 0 Å². The Morgan fingerprint density at radius 3 is 0.453 bits per heavy atom. The fraction of sp³-hybridized carbons (Fsp3) is 1.00. The smallest absolute Gasteiger partial charge is 0.245 e. The molecule has 9 saturated heterocycles. The molecular formula is C36H72N12OP4. The van der Waals surface area contributed by atoms with Crippen LogP contribution < -0.4 is 0 Å². The third kappa shape index (κ3) is 7.31. The molecule has 0 aromatic heterocycles. The Morgan fingerprint density at radius 2 is 0.340 bits per heavy atom. The van der Waals surface area contributed by atoms with E-state index >= 15 is 4.57 Å². The summed E-state index contributed by atoms with van der Waals surface area (Å²) in [5.74, 6) is 0. The van der Waals surface area contributed by atoms with Crippen LogP contribution in [0.3, 0.4) is 0 Å². The minimum Gasteiger partial charge on any atom is -0.245 e. The van der Waals surface area contributed by atoms with E-state index < -0.39 is 30.1 Å². The van der Waals surface area contributed by atoms with Gasteiger partial charge >= 0.3 is 7.59 Å². The largest absolute Gasteiger partial charge is 0.421 e. The average Bonchev–Trinajstić information content (AvgIpc) is 4.02. The quantitative estimate of drug-likeness (QED) is 0.179. The molecule has 9 heterocycles. The molecule has 0 aromatic rings. The molecule has 0 spiro atoms. The van der Waals surface area contributed by atoms with Gasteiger partial charge in [-0.05, 0) is 116 Å². The lowest BCUT2D eigenvalue weighted by Gasteiger charge is -2.49. The third-order valence-corrected chi connectivity index (χ3v) is 30.0. The van der Waals surface area contributed by atoms with Crippen molar-refractivity contribution < 1.29 is 4.57 Å². The van der Waals surface area contributed by atoms with Gasteiger partial charge in [0.05, 0.1) is 0 Å². The van der Waals surface area contributed by atoms with Crippen molar-refractivity contribution in [2.24, 2.45) is 13.5 Å². The zero-order chi connectivity index (χ0) is 35.8. The van der Waals surface area contributed by atoms with E-state index in [9.17, 15) is 0 Å². The van der Waals surface area contributed by atoms with Gasteiger partial charge in [0.25, 0.3) is 0 Å². The molecule has 13 nitrogen and oxygen atoms in total. The monoisotopic (exact) mass is 812 g/mol. The molecule has 9 fully saturated rings. The topological polar surface area (TPSA) is 83.3 Å². The summed E-state index contributed by atoms with van der Waals surface area (Å²) in [4.78, 5) is 0. The molecule has 0 aliphatic carbocycles. The molecule has 0 atom stereocenters. The first-order valence-electron chi connectivity index (χ1n) is 22.4. The molecule has 0 N–H and O–H groups in total. The van der Waals surface area contributed by atoms with Gasteiger partial charge in [0.15, 0.2) is 22.5 Å². The summed E-state index contributed by atoms with van der Waals surface area (Å²) in [6.45, 7) is 19.2. The molecule has 302 valence electrons. The summed E-state index contributed by atoms with van der Waals surface area (Å²) in [6, 6.07) is 0. The molecule has 53 heavy (non-hydrogen) atoms. The van der Waals surface area contributed by atoms with Crippen molar-refractivity contribution in [3.05, 3.63) is 0 Å². The van der Waals surface area contributed by atoms with E-state index in [0.29, 0.717) is 0 Å². The Labute approximate surface area is 322 Å². The molecule has 0 bridgehead atoms. The lowest BCUT2D eigenvalue weighted by Crippen LogP contribution is -2.39. The number of hydrogen-bond donors (Lipinski definition) is 0. The molecule has 0 saturated carbocycles. The van der Waals surface area contributed by atoms with Crippen molar-refractivity contribution in [1.29, 1.82) is 0 Å². The predicted molar refractivity (Wildman–Crippen MR) is 223 cm³/mol. The lowest BCUT2D eigenvalue weighted by molar-refractivity contribution is 0.382. The van der Waals surface area contributed by atoms with Crippen LogP contribution in [0, 0.1) is 0 Å². The Kier molecular flexibility index (Phi) is 12.6. The van der Waals surface area contributed by atoms with Crippen LogP contribution in [0.25, 0.3) is 0 Å². The summed E-state index contributed by atoms with van der Waals surface area (Å²) in [5.41, 5.74) is 0. The maximum atomic E-state index is 17.6. The van der Waals surface area contributed by atoms with Crippen LogP contribution >= 0.6 is 30.1 Å². The highest BCUT2D eigenvalue weighted by Crippen LogP contribution is 2.80. The molecule has 17 heteroatoms. The van der Waals surface area contributed by atoms with E-state index in [1.165, 1.54) is 116 Å². The molecule has 0 aromatic carbocycles. The summed E-state index contributed by atoms with van der Waals surface area (Å²) in [5, 5.41) is 0. The normalized spacial score (nSPS) is 29.6. The molecule has 0 amide bonds. The first kappa shape index (κ1) is 39.0. The number of rotatable bonds is 12. The second-order valence-electron chi connectivity index (χ2n) is 17.3. The van der Waals surface area contributed by atoms with Gasteiger partial charge in [0, 0.05) is 118 Å². The SMILES string of the molecule is O=P(N=P(N1CCCC1)(N1CCCC1)N1CCCC1)(N=P(N1CCCC1)(N1CCCC1)N1CCCC1)N=P(N1CCCC1)(N1CCCC1)N1CCCC1. The van der Waals surface area contributed by atoms with Crippen LogP contribution in [0.4, 0.5) is 0 Å². The van der Waals surface area contributed by atoms with Gasteiger partial charge in [0.2, 0.25) is 0 Å². The zero-order valence-corrected chi connectivity index (χ0v) is 36.6. The van der Waals surface area contributed by atoms with E-state index in [2.05, 4.69) is 42.0 Å². The third-order valence-electron chi connectivity index (χ3n) is 13.9. The standard InChI is InChI=1S/C36H72N12OP4/c49-50(37-51(40-19-1-2-20-40,41-21-3-4-22-41)42-23-5-6-24-42,38-52(43-25-7-8-26-43,44-27-9-10-28-44)45-29-11-12-30-45)39-53(46-31-13-14-32-46,47-33-15-16-34-47)48-35-17-18-36-48/h1-36H2. The minimum absolute atomic E-state index is 1.07. The van der Waals surface area contributed by atoms with E-state index in [4.69, 9.17) is 13.5 Å². The highest BCUT2D eigenvalue weighted by molar-refractivity contribution is 7.79. The van der Waals surface area contributed by atoms with E-state index in [0.717, 1.165) is 118 Å². The highest BCUT2D eigenvalue weighted by Gasteiger charge is 2.52. The Bertz CT molecular complexity index is 1140. The highest BCUT2D eigenvalue weighted by atomic mass is 31.3. The summed E-state index contributed by atoms with van der Waals surface area (Å²) in [6.07, 6.45) is 21.9. The number of nitrogens with zero attached hydrogens (tertiary/aromatic N) is 12. The van der Waals surface area contributed by atoms with Gasteiger partial charge in [0.1, 0.15) is 0 Å². The van der Waals surface area contributed by atoms with Gasteiger partial charge in [-0.3, -0.25) is 0 Å². The summed E-state index contributed by atoms with van der Waals surface area (Å²) in [7, 11) is -11.5. The first-order chi connectivity index (χ1) is 26.1. The molecule has 9 aliphatic heterocycles. The molecule has 9 rings (SSSR count). The Balaban J connectivity index is 1.38. The number of hydrogen-bond acceptors (Lipinski definition) is 1. The molecule has 0 radical (unpaired) electrons.